The van der Waals surface area contributed by atoms with Crippen LogP contribution in [-0.4, -0.2) is 39.6 Å². The molecule has 5 rings (SSSR count). The number of pyridine rings is 1. The van der Waals surface area contributed by atoms with E-state index in [-0.39, 0.29) is 11.6 Å². The molecule has 0 saturated carbocycles. The lowest BCUT2D eigenvalue weighted by molar-refractivity contribution is -0.255. The van der Waals surface area contributed by atoms with Crippen molar-refractivity contribution in [2.24, 2.45) is 5.73 Å². The summed E-state index contributed by atoms with van der Waals surface area (Å²) in [6.07, 6.45) is 2.65. The molecule has 7 heteroatoms. The van der Waals surface area contributed by atoms with Gasteiger partial charge in [-0.25, -0.2) is 9.97 Å². The van der Waals surface area contributed by atoms with Crippen LogP contribution in [0.2, 0.25) is 0 Å². The summed E-state index contributed by atoms with van der Waals surface area (Å²) in [5.74, 6) is 0.400. The molecule has 158 valence electrons. The van der Waals surface area contributed by atoms with Crippen molar-refractivity contribution in [2.45, 2.75) is 32.2 Å². The second-order valence-electron chi connectivity index (χ2n) is 8.05. The Kier molecular flexibility index (Phi) is 4.82. The van der Waals surface area contributed by atoms with Gasteiger partial charge in [0.25, 0.3) is 0 Å². The average molecular weight is 414 g/mol. The van der Waals surface area contributed by atoms with Gasteiger partial charge in [0.05, 0.1) is 28.2 Å². The Labute approximate surface area is 180 Å². The van der Waals surface area contributed by atoms with Gasteiger partial charge in [0.1, 0.15) is 11.6 Å². The average Bonchev–Trinajstić information content (AvgIpc) is 3.16. The van der Waals surface area contributed by atoms with Crippen LogP contribution in [0.15, 0.2) is 48.5 Å². The maximum Gasteiger partial charge on any atom is 0.139 e. The van der Waals surface area contributed by atoms with Gasteiger partial charge < -0.3 is 20.5 Å². The summed E-state index contributed by atoms with van der Waals surface area (Å²) in [6.45, 7) is 3.87. The maximum absolute atomic E-state index is 11.3. The molecular weight excluding hydrogens is 390 g/mol. The van der Waals surface area contributed by atoms with Crippen LogP contribution in [-0.2, 0) is 6.42 Å². The Morgan fingerprint density at radius 1 is 1.13 bits per heavy atom. The van der Waals surface area contributed by atoms with E-state index in [2.05, 4.69) is 34.1 Å². The number of aryl methyl sites for hydroxylation is 1. The molecule has 4 aromatic rings. The predicted molar refractivity (Wildman–Crippen MR) is 120 cm³/mol. The molecule has 7 nitrogen and oxygen atoms in total. The summed E-state index contributed by atoms with van der Waals surface area (Å²) < 4.78 is 2.01. The number of carbonyl (C=O) groups is 1. The minimum atomic E-state index is -1.20. The highest BCUT2D eigenvalue weighted by Crippen LogP contribution is 2.30. The minimum absolute atomic E-state index is 0.122. The number of aromatic carboxylic acids is 1. The van der Waals surface area contributed by atoms with E-state index in [0.717, 1.165) is 59.7 Å². The van der Waals surface area contributed by atoms with E-state index in [1.807, 2.05) is 17.6 Å². The van der Waals surface area contributed by atoms with Gasteiger partial charge in [-0.15, -0.1) is 0 Å². The second kappa shape index (κ2) is 7.67. The number of para-hydroxylation sites is 1. The molecule has 1 saturated heterocycles. The minimum Gasteiger partial charge on any atom is -0.545 e. The fourth-order valence-corrected chi connectivity index (χ4v) is 4.39. The van der Waals surface area contributed by atoms with Crippen molar-refractivity contribution in [2.75, 3.05) is 18.0 Å². The first-order chi connectivity index (χ1) is 15.0. The number of carboxylic acids is 1. The lowest BCUT2D eigenvalue weighted by Gasteiger charge is -2.32. The van der Waals surface area contributed by atoms with Crippen molar-refractivity contribution in [3.63, 3.8) is 0 Å². The normalized spacial score (nSPS) is 15.1. The number of nitrogens with two attached hydrogens (primary N) is 1. The van der Waals surface area contributed by atoms with Gasteiger partial charge >= 0.3 is 0 Å². The van der Waals surface area contributed by atoms with Crippen LogP contribution in [0.4, 0.5) is 5.69 Å². The highest BCUT2D eigenvalue weighted by molar-refractivity contribution is 5.93. The summed E-state index contributed by atoms with van der Waals surface area (Å²) >= 11 is 0. The highest BCUT2D eigenvalue weighted by atomic mass is 16.4. The molecule has 1 fully saturated rings. The number of imidazole rings is 1. The number of hydrogen-bond acceptors (Lipinski definition) is 6. The first-order valence-electron chi connectivity index (χ1n) is 10.7. The molecule has 2 aromatic heterocycles. The zero-order chi connectivity index (χ0) is 21.5. The Hall–Kier alpha value is -3.45. The van der Waals surface area contributed by atoms with Crippen LogP contribution >= 0.6 is 0 Å². The summed E-state index contributed by atoms with van der Waals surface area (Å²) in [5, 5.41) is 12.3. The maximum atomic E-state index is 11.3. The molecule has 1 aliphatic heterocycles. The summed E-state index contributed by atoms with van der Waals surface area (Å²) in [7, 11) is 0. The number of nitrogens with zero attached hydrogens (tertiary/aromatic N) is 4. The third kappa shape index (κ3) is 3.41. The van der Waals surface area contributed by atoms with Crippen molar-refractivity contribution < 1.29 is 9.90 Å². The molecular formula is C24H24N5O2-. The molecule has 0 bridgehead atoms. The van der Waals surface area contributed by atoms with Crippen LogP contribution in [0.5, 0.6) is 0 Å². The fraction of sp³-hybridized carbons (Fsp3) is 0.292. The molecule has 0 spiro atoms. The van der Waals surface area contributed by atoms with Gasteiger partial charge in [0.2, 0.25) is 0 Å². The van der Waals surface area contributed by atoms with Crippen LogP contribution in [0.25, 0.3) is 27.8 Å². The second-order valence-corrected chi connectivity index (χ2v) is 8.05. The summed E-state index contributed by atoms with van der Waals surface area (Å²) in [6, 6.07) is 15.5. The van der Waals surface area contributed by atoms with Crippen molar-refractivity contribution in [3.8, 4) is 5.82 Å². The van der Waals surface area contributed by atoms with E-state index in [9.17, 15) is 9.90 Å². The Morgan fingerprint density at radius 3 is 2.68 bits per heavy atom. The topological polar surface area (TPSA) is 100 Å². The standard InChI is InChI=1S/C24H25N5O2/c1-2-21-26-18-14-16(24(30)31)6-8-19(18)29(21)22-9-7-15-4-3-5-20(23(15)27-22)28-12-10-17(25)11-13-28/h3-9,14,17H,2,10-13,25H2,1H3,(H,30,31)/p-1. The van der Waals surface area contributed by atoms with Crippen LogP contribution in [0.1, 0.15) is 35.9 Å². The van der Waals surface area contributed by atoms with E-state index in [1.54, 1.807) is 18.2 Å². The van der Waals surface area contributed by atoms with Crippen molar-refractivity contribution in [1.29, 1.82) is 0 Å². The molecule has 0 atom stereocenters. The smallest absolute Gasteiger partial charge is 0.139 e. The van der Waals surface area contributed by atoms with Gasteiger partial charge in [-0.1, -0.05) is 25.1 Å². The van der Waals surface area contributed by atoms with Crippen molar-refractivity contribution in [3.05, 3.63) is 59.9 Å². The van der Waals surface area contributed by atoms with E-state index < -0.39 is 5.97 Å². The first-order valence-corrected chi connectivity index (χ1v) is 10.7. The molecule has 3 heterocycles. The van der Waals surface area contributed by atoms with E-state index >= 15 is 0 Å². The quantitative estimate of drug-likeness (QED) is 0.551. The third-order valence-electron chi connectivity index (χ3n) is 6.07. The van der Waals surface area contributed by atoms with Crippen LogP contribution in [0, 0.1) is 0 Å². The summed E-state index contributed by atoms with van der Waals surface area (Å²) in [4.78, 5) is 23.3. The molecule has 1 aliphatic rings. The lowest BCUT2D eigenvalue weighted by atomic mass is 10.0. The van der Waals surface area contributed by atoms with E-state index in [1.165, 1.54) is 0 Å². The van der Waals surface area contributed by atoms with Gasteiger partial charge in [-0.2, -0.15) is 0 Å². The van der Waals surface area contributed by atoms with Crippen LogP contribution in [0.3, 0.4) is 0 Å². The van der Waals surface area contributed by atoms with Crippen molar-refractivity contribution >= 4 is 33.6 Å². The number of carbonyl (C=O) groups excluding carboxylic acids is 1. The predicted octanol–water partition coefficient (Wildman–Crippen LogP) is 2.43. The zero-order valence-electron chi connectivity index (χ0n) is 17.4. The first kappa shape index (κ1) is 19.5. The third-order valence-corrected chi connectivity index (χ3v) is 6.07. The van der Waals surface area contributed by atoms with E-state index in [0.29, 0.717) is 11.9 Å². The van der Waals surface area contributed by atoms with Gasteiger partial charge in [-0.05, 0) is 48.7 Å². The van der Waals surface area contributed by atoms with E-state index in [4.69, 9.17) is 10.7 Å². The number of rotatable bonds is 4. The molecule has 0 unspecified atom stereocenters. The molecule has 31 heavy (non-hydrogen) atoms. The van der Waals surface area contributed by atoms with Gasteiger partial charge in [0, 0.05) is 30.9 Å². The Morgan fingerprint density at radius 2 is 1.94 bits per heavy atom. The highest BCUT2D eigenvalue weighted by Gasteiger charge is 2.19. The largest absolute Gasteiger partial charge is 0.545 e. The lowest BCUT2D eigenvalue weighted by Crippen LogP contribution is -2.39. The number of aromatic nitrogens is 3. The Balaban J connectivity index is 1.66. The van der Waals surface area contributed by atoms with Gasteiger partial charge in [0.15, 0.2) is 0 Å². The Bertz CT molecular complexity index is 1290. The molecule has 2 N–H and O–H groups in total. The van der Waals surface area contributed by atoms with Crippen molar-refractivity contribution in [1.82, 2.24) is 14.5 Å². The molecule has 0 aliphatic carbocycles. The molecule has 2 aromatic carbocycles. The molecule has 0 radical (unpaired) electrons. The number of carboxylic acid groups (broad SMARTS) is 1. The number of piperidine rings is 1. The number of fused-ring (bicyclic) bond motifs is 2. The monoisotopic (exact) mass is 414 g/mol. The van der Waals surface area contributed by atoms with Gasteiger partial charge in [-0.3, -0.25) is 4.57 Å². The summed E-state index contributed by atoms with van der Waals surface area (Å²) in [5.41, 5.74) is 9.74. The number of anilines is 1. The zero-order valence-corrected chi connectivity index (χ0v) is 17.4. The van der Waals surface area contributed by atoms with Crippen LogP contribution < -0.4 is 15.7 Å². The number of hydrogen-bond donors (Lipinski definition) is 1. The SMILES string of the molecule is CCc1nc2cc(C(=O)[O-])ccc2n1-c1ccc2cccc(N3CCC(N)CC3)c2n1. The fourth-order valence-electron chi connectivity index (χ4n) is 4.39. The number of benzene rings is 2. The molecule has 0 amide bonds.